The van der Waals surface area contributed by atoms with Crippen LogP contribution in [0.25, 0.3) is 0 Å². The highest BCUT2D eigenvalue weighted by atomic mass is 32.2. The number of rotatable bonds is 2. The Balaban J connectivity index is 2.18. The fourth-order valence-corrected chi connectivity index (χ4v) is 1.96. The van der Waals surface area contributed by atoms with Crippen LogP contribution in [0.1, 0.15) is 26.2 Å². The van der Waals surface area contributed by atoms with Crippen molar-refractivity contribution in [2.24, 2.45) is 11.8 Å². The van der Waals surface area contributed by atoms with Crippen molar-refractivity contribution in [2.75, 3.05) is 12.9 Å². The first kappa shape index (κ1) is 10.3. The first-order chi connectivity index (χ1) is 5.74. The molecule has 0 saturated heterocycles. The van der Waals surface area contributed by atoms with Gasteiger partial charge in [-0.05, 0) is 36.7 Å². The highest BCUT2D eigenvalue weighted by Crippen LogP contribution is 2.31. The second-order valence-corrected chi connectivity index (χ2v) is 4.84. The molecule has 2 atom stereocenters. The zero-order chi connectivity index (χ0) is 8.97. The lowest BCUT2D eigenvalue weighted by atomic mass is 10.00. The van der Waals surface area contributed by atoms with Crippen LogP contribution in [-0.2, 0) is 4.74 Å². The molecule has 0 spiro atoms. The summed E-state index contributed by atoms with van der Waals surface area (Å²) < 4.78 is 6.13. The smallest absolute Gasteiger partial charge is 0.219 e. The average Bonchev–Trinajstić information content (AvgIpc) is 2.47. The Bertz CT molecular complexity index is 159. The van der Waals surface area contributed by atoms with Gasteiger partial charge in [0.2, 0.25) is 4.38 Å². The van der Waals surface area contributed by atoms with Gasteiger partial charge in [-0.25, -0.2) is 0 Å². The van der Waals surface area contributed by atoms with Crippen LogP contribution in [0.5, 0.6) is 0 Å². The summed E-state index contributed by atoms with van der Waals surface area (Å²) in [6, 6.07) is 0. The lowest BCUT2D eigenvalue weighted by Crippen LogP contribution is -2.13. The van der Waals surface area contributed by atoms with E-state index in [-0.39, 0.29) is 0 Å². The molecule has 0 N–H and O–H groups in total. The average molecular weight is 204 g/mol. The van der Waals surface area contributed by atoms with Gasteiger partial charge in [0.25, 0.3) is 0 Å². The molecule has 12 heavy (non-hydrogen) atoms. The van der Waals surface area contributed by atoms with Crippen LogP contribution >= 0.6 is 24.0 Å². The number of thioether (sulfide) groups is 1. The molecule has 0 amide bonds. The molecule has 1 nitrogen and oxygen atoms in total. The van der Waals surface area contributed by atoms with Crippen LogP contribution in [0.4, 0.5) is 0 Å². The summed E-state index contributed by atoms with van der Waals surface area (Å²) in [5.74, 6) is 1.57. The van der Waals surface area contributed by atoms with Crippen LogP contribution < -0.4 is 0 Å². The van der Waals surface area contributed by atoms with Crippen LogP contribution in [0, 0.1) is 11.8 Å². The van der Waals surface area contributed by atoms with Crippen molar-refractivity contribution in [3.8, 4) is 0 Å². The van der Waals surface area contributed by atoms with Crippen molar-refractivity contribution in [1.29, 1.82) is 0 Å². The third-order valence-corrected chi connectivity index (χ3v) is 3.69. The fraction of sp³-hybridized carbons (Fsp3) is 0.889. The first-order valence-corrected chi connectivity index (χ1v) is 6.08. The highest BCUT2D eigenvalue weighted by molar-refractivity contribution is 8.22. The van der Waals surface area contributed by atoms with E-state index in [0.29, 0.717) is 4.38 Å². The Morgan fingerprint density at radius 1 is 1.58 bits per heavy atom. The minimum absolute atomic E-state index is 0.689. The maximum atomic E-state index is 5.44. The van der Waals surface area contributed by atoms with Crippen LogP contribution in [-0.4, -0.2) is 17.2 Å². The monoisotopic (exact) mass is 204 g/mol. The quantitative estimate of drug-likeness (QED) is 0.640. The van der Waals surface area contributed by atoms with Gasteiger partial charge in [0.15, 0.2) is 0 Å². The van der Waals surface area contributed by atoms with E-state index in [0.717, 1.165) is 18.4 Å². The molecule has 3 heteroatoms. The summed E-state index contributed by atoms with van der Waals surface area (Å²) in [7, 11) is 0. The first-order valence-electron chi connectivity index (χ1n) is 4.44. The Labute approximate surface area is 84.2 Å². The van der Waals surface area contributed by atoms with E-state index in [9.17, 15) is 0 Å². The molecule has 0 heterocycles. The molecule has 0 aromatic rings. The van der Waals surface area contributed by atoms with Gasteiger partial charge in [-0.1, -0.05) is 31.5 Å². The highest BCUT2D eigenvalue weighted by Gasteiger charge is 2.23. The summed E-state index contributed by atoms with van der Waals surface area (Å²) in [6.45, 7) is 3.14. The minimum atomic E-state index is 0.689. The summed E-state index contributed by atoms with van der Waals surface area (Å²) in [5.41, 5.74) is 0. The van der Waals surface area contributed by atoms with E-state index in [4.69, 9.17) is 17.0 Å². The predicted octanol–water partition coefficient (Wildman–Crippen LogP) is 3.09. The Morgan fingerprint density at radius 3 is 2.83 bits per heavy atom. The van der Waals surface area contributed by atoms with Crippen molar-refractivity contribution in [2.45, 2.75) is 26.2 Å². The van der Waals surface area contributed by atoms with Crippen molar-refractivity contribution in [3.63, 3.8) is 0 Å². The van der Waals surface area contributed by atoms with Crippen LogP contribution in [0.3, 0.4) is 0 Å². The van der Waals surface area contributed by atoms with E-state index in [1.807, 2.05) is 6.26 Å². The molecule has 0 aromatic heterocycles. The predicted molar refractivity (Wildman–Crippen MR) is 58.6 cm³/mol. The second-order valence-electron chi connectivity index (χ2n) is 3.43. The summed E-state index contributed by atoms with van der Waals surface area (Å²) >= 11 is 6.49. The standard InChI is InChI=1S/C9H16OS2/c1-7-4-3-5-8(7)6-10-9(11)12-2/h7-8H,3-6H2,1-2H3. The van der Waals surface area contributed by atoms with Gasteiger partial charge in [0.1, 0.15) is 0 Å². The molecule has 70 valence electrons. The number of thiocarbonyl (C=S) groups is 1. The van der Waals surface area contributed by atoms with Gasteiger partial charge in [-0.2, -0.15) is 0 Å². The van der Waals surface area contributed by atoms with E-state index >= 15 is 0 Å². The number of hydrogen-bond acceptors (Lipinski definition) is 3. The molecular weight excluding hydrogens is 188 g/mol. The largest absolute Gasteiger partial charge is 0.478 e. The molecule has 1 rings (SSSR count). The third kappa shape index (κ3) is 2.94. The molecule has 0 bridgehead atoms. The molecular formula is C9H16OS2. The van der Waals surface area contributed by atoms with Gasteiger partial charge in [-0.3, -0.25) is 0 Å². The Kier molecular flexibility index (Phi) is 4.36. The molecule has 1 fully saturated rings. The topological polar surface area (TPSA) is 9.23 Å². The number of hydrogen-bond donors (Lipinski definition) is 0. The van der Waals surface area contributed by atoms with Gasteiger partial charge >= 0.3 is 0 Å². The SMILES string of the molecule is CSC(=S)OCC1CCCC1C. The minimum Gasteiger partial charge on any atom is -0.478 e. The molecule has 1 aliphatic rings. The molecule has 0 aliphatic heterocycles. The lowest BCUT2D eigenvalue weighted by Gasteiger charge is -2.15. The lowest BCUT2D eigenvalue weighted by molar-refractivity contribution is 0.221. The van der Waals surface area contributed by atoms with Gasteiger partial charge in [0, 0.05) is 0 Å². The van der Waals surface area contributed by atoms with E-state index in [1.165, 1.54) is 31.0 Å². The van der Waals surface area contributed by atoms with Crippen LogP contribution in [0.2, 0.25) is 0 Å². The van der Waals surface area contributed by atoms with E-state index in [1.54, 1.807) is 0 Å². The van der Waals surface area contributed by atoms with Crippen molar-refractivity contribution in [1.82, 2.24) is 0 Å². The normalized spacial score (nSPS) is 28.8. The molecule has 0 aromatic carbocycles. The van der Waals surface area contributed by atoms with E-state index < -0.39 is 0 Å². The van der Waals surface area contributed by atoms with Crippen molar-refractivity contribution >= 4 is 28.4 Å². The second kappa shape index (κ2) is 5.07. The van der Waals surface area contributed by atoms with Gasteiger partial charge < -0.3 is 4.74 Å². The maximum absolute atomic E-state index is 5.44. The zero-order valence-corrected chi connectivity index (χ0v) is 9.34. The summed E-state index contributed by atoms with van der Waals surface area (Å²) in [6.07, 6.45) is 6.00. The van der Waals surface area contributed by atoms with Crippen molar-refractivity contribution in [3.05, 3.63) is 0 Å². The third-order valence-electron chi connectivity index (χ3n) is 2.62. The van der Waals surface area contributed by atoms with Gasteiger partial charge in [0.05, 0.1) is 6.61 Å². The van der Waals surface area contributed by atoms with Crippen LogP contribution in [0.15, 0.2) is 0 Å². The Morgan fingerprint density at radius 2 is 2.33 bits per heavy atom. The molecule has 1 saturated carbocycles. The molecule has 1 aliphatic carbocycles. The van der Waals surface area contributed by atoms with Gasteiger partial charge in [-0.15, -0.1) is 0 Å². The zero-order valence-electron chi connectivity index (χ0n) is 7.71. The summed E-state index contributed by atoms with van der Waals surface area (Å²) in [4.78, 5) is 0. The van der Waals surface area contributed by atoms with E-state index in [2.05, 4.69) is 6.92 Å². The number of ether oxygens (including phenoxy) is 1. The summed E-state index contributed by atoms with van der Waals surface area (Å²) in [5, 5.41) is 0. The fourth-order valence-electron chi connectivity index (χ4n) is 1.70. The Hall–Kier alpha value is 0.240. The maximum Gasteiger partial charge on any atom is 0.219 e. The molecule has 0 radical (unpaired) electrons. The van der Waals surface area contributed by atoms with Crippen molar-refractivity contribution < 1.29 is 4.74 Å². The molecule has 2 unspecified atom stereocenters.